The zero-order valence-corrected chi connectivity index (χ0v) is 23.3. The minimum Gasteiger partial charge on any atom is -0.478 e. The van der Waals surface area contributed by atoms with Gasteiger partial charge in [-0.15, -0.1) is 0 Å². The zero-order chi connectivity index (χ0) is 27.2. The number of carboxylic acid groups (broad SMARTS) is 2. The topological polar surface area (TPSA) is 129 Å². The van der Waals surface area contributed by atoms with E-state index in [4.69, 9.17) is 10.2 Å². The van der Waals surface area contributed by atoms with E-state index in [2.05, 4.69) is 20.8 Å². The van der Waals surface area contributed by atoms with Crippen molar-refractivity contribution in [3.8, 4) is 0 Å². The van der Waals surface area contributed by atoms with Gasteiger partial charge in [0, 0.05) is 0 Å². The molecule has 36 heavy (non-hydrogen) atoms. The van der Waals surface area contributed by atoms with Gasteiger partial charge < -0.3 is 10.2 Å². The smallest absolute Gasteiger partial charge is 0.335 e. The van der Waals surface area contributed by atoms with Crippen LogP contribution in [0.5, 0.6) is 0 Å². The molecule has 0 radical (unpaired) electrons. The fourth-order valence-corrected chi connectivity index (χ4v) is 14.3. The average molecular weight is 541 g/mol. The molecule has 3 N–H and O–H groups in total. The summed E-state index contributed by atoms with van der Waals surface area (Å²) in [5, 5.41) is 17.0. The number of unbranched alkanes of at least 4 members (excludes halogenated alkanes) is 3. The summed E-state index contributed by atoms with van der Waals surface area (Å²) >= 11 is 0. The summed E-state index contributed by atoms with van der Waals surface area (Å²) < 4.78 is 35.1. The monoisotopic (exact) mass is 540 g/mol. The number of carbonyl (C=O) groups is 2. The van der Waals surface area contributed by atoms with Crippen LogP contribution >= 0.6 is 7.26 Å². The normalized spacial score (nSPS) is 12.8. The molecule has 2 rings (SSSR count). The van der Waals surface area contributed by atoms with E-state index in [9.17, 15) is 22.6 Å². The molecule has 0 saturated carbocycles. The van der Waals surface area contributed by atoms with Crippen molar-refractivity contribution >= 4 is 29.3 Å². The first-order valence-electron chi connectivity index (χ1n) is 12.6. The molecule has 0 aliphatic heterocycles. The molecule has 0 fully saturated rings. The molecule has 0 aliphatic rings. The van der Waals surface area contributed by atoms with Crippen LogP contribution in [0.15, 0.2) is 54.6 Å². The summed E-state index contributed by atoms with van der Waals surface area (Å²) in [6.45, 7) is 6.47. The first-order valence-corrected chi connectivity index (χ1v) is 16.8. The van der Waals surface area contributed by atoms with Gasteiger partial charge in [0.2, 0.25) is 0 Å². The Labute approximate surface area is 216 Å². The first kappa shape index (κ1) is 31.7. The summed E-state index contributed by atoms with van der Waals surface area (Å²) in [6.07, 6.45) is 9.34. The first-order chi connectivity index (χ1) is 17.0. The number of rotatable bonds is 14. The van der Waals surface area contributed by atoms with Crippen molar-refractivity contribution in [3.63, 3.8) is 0 Å². The molecule has 0 aliphatic carbocycles. The van der Waals surface area contributed by atoms with Crippen LogP contribution in [-0.4, -0.2) is 53.6 Å². The van der Waals surface area contributed by atoms with Crippen molar-refractivity contribution in [2.75, 3.05) is 18.5 Å². The molecular formula is C27H41O7PS. The van der Waals surface area contributed by atoms with Crippen molar-refractivity contribution in [2.45, 2.75) is 64.3 Å². The van der Waals surface area contributed by atoms with Gasteiger partial charge in [-0.3, -0.25) is 0 Å². The Kier molecular flexibility index (Phi) is 13.9. The number of benzene rings is 2. The van der Waals surface area contributed by atoms with Gasteiger partial charge in [-0.25, -0.2) is 9.59 Å². The van der Waals surface area contributed by atoms with E-state index in [0.717, 1.165) is 68.6 Å². The number of hydrogen-bond acceptors (Lipinski definition) is 4. The van der Waals surface area contributed by atoms with Gasteiger partial charge in [0.05, 0.1) is 11.1 Å². The van der Waals surface area contributed by atoms with Crippen molar-refractivity contribution in [3.05, 3.63) is 71.3 Å². The van der Waals surface area contributed by atoms with Crippen LogP contribution in [-0.2, 0) is 10.1 Å². The van der Waals surface area contributed by atoms with E-state index in [0.29, 0.717) is 0 Å². The second-order valence-electron chi connectivity index (χ2n) is 9.17. The Morgan fingerprint density at radius 1 is 0.750 bits per heavy atom. The standard InChI is InChI=1S/C19H35O3PS.C8H6O4/c1-4-7-15-23(16-8-5-2,17-9-6-3)19(24(20,21)22)18-13-11-10-12-14-18;9-7(10)5-2-1-3-6(4-5)8(11)12/h10-14,19,23H,4-9,15-17H2,1-3H3,(H,20,21,22);1-4H,(H,9,10)(H,11,12). The Balaban J connectivity index is 0.000000450. The van der Waals surface area contributed by atoms with Crippen molar-refractivity contribution < 1.29 is 32.8 Å². The second kappa shape index (κ2) is 15.7. The van der Waals surface area contributed by atoms with Gasteiger partial charge in [0.15, 0.2) is 0 Å². The van der Waals surface area contributed by atoms with Crippen LogP contribution in [0.1, 0.15) is 90.6 Å². The number of hydrogen-bond donors (Lipinski definition) is 3. The fourth-order valence-electron chi connectivity index (χ4n) is 4.61. The van der Waals surface area contributed by atoms with E-state index in [1.165, 1.54) is 18.2 Å². The molecule has 2 aromatic rings. The molecule has 0 heterocycles. The second-order valence-corrected chi connectivity index (χ2v) is 15.9. The predicted molar refractivity (Wildman–Crippen MR) is 149 cm³/mol. The number of aromatic carboxylic acids is 2. The van der Waals surface area contributed by atoms with E-state index >= 15 is 0 Å². The maximum atomic E-state index is 12.5. The van der Waals surface area contributed by atoms with Gasteiger partial charge >= 0.3 is 161 Å². The van der Waals surface area contributed by atoms with E-state index in [1.807, 2.05) is 30.3 Å². The summed E-state index contributed by atoms with van der Waals surface area (Å²) in [4.78, 5) is 20.1. The van der Waals surface area contributed by atoms with Crippen LogP contribution in [0.2, 0.25) is 0 Å². The molecule has 7 nitrogen and oxygen atoms in total. The van der Waals surface area contributed by atoms with Crippen LogP contribution in [0.3, 0.4) is 0 Å². The Bertz CT molecular complexity index is 1000. The minimum atomic E-state index is -4.11. The van der Waals surface area contributed by atoms with E-state index in [-0.39, 0.29) is 11.1 Å². The summed E-state index contributed by atoms with van der Waals surface area (Å²) in [6, 6.07) is 14.6. The van der Waals surface area contributed by atoms with Crippen molar-refractivity contribution in [1.29, 1.82) is 0 Å². The zero-order valence-electron chi connectivity index (χ0n) is 21.5. The molecule has 1 unspecified atom stereocenters. The molecule has 2 aromatic carbocycles. The fraction of sp³-hybridized carbons (Fsp3) is 0.481. The largest absolute Gasteiger partial charge is 0.478 e. The van der Waals surface area contributed by atoms with Crippen LogP contribution in [0.25, 0.3) is 0 Å². The molecule has 9 heteroatoms. The molecule has 0 amide bonds. The number of carboxylic acids is 2. The Morgan fingerprint density at radius 2 is 1.17 bits per heavy atom. The molecule has 0 saturated heterocycles. The predicted octanol–water partition coefficient (Wildman–Crippen LogP) is 6.81. The van der Waals surface area contributed by atoms with Crippen LogP contribution in [0.4, 0.5) is 0 Å². The van der Waals surface area contributed by atoms with E-state index in [1.54, 1.807) is 0 Å². The van der Waals surface area contributed by atoms with Gasteiger partial charge in [-0.2, -0.15) is 0 Å². The molecule has 202 valence electrons. The molecule has 0 aromatic heterocycles. The Hall–Kier alpha value is -2.28. The van der Waals surface area contributed by atoms with E-state index < -0.39 is 34.3 Å². The van der Waals surface area contributed by atoms with Crippen LogP contribution < -0.4 is 0 Å². The Morgan fingerprint density at radius 3 is 1.50 bits per heavy atom. The minimum absolute atomic E-state index is 0.0186. The van der Waals surface area contributed by atoms with Gasteiger partial charge in [-0.1, -0.05) is 6.07 Å². The third-order valence-electron chi connectivity index (χ3n) is 6.40. The maximum Gasteiger partial charge on any atom is 0.335 e. The quantitative estimate of drug-likeness (QED) is 0.177. The van der Waals surface area contributed by atoms with Crippen molar-refractivity contribution in [2.24, 2.45) is 0 Å². The summed E-state index contributed by atoms with van der Waals surface area (Å²) in [5.41, 5.74) is 0.750. The van der Waals surface area contributed by atoms with Gasteiger partial charge in [0.25, 0.3) is 0 Å². The maximum absolute atomic E-state index is 12.5. The van der Waals surface area contributed by atoms with Gasteiger partial charge in [-0.05, 0) is 18.2 Å². The summed E-state index contributed by atoms with van der Waals surface area (Å²) in [7, 11) is -6.31. The SMILES string of the molecule is CCCC[PH](CCCC)(CCCC)C(c1ccccc1)S(=O)(=O)O.O=C(O)c1cccc(C(=O)O)c1. The average Bonchev–Trinajstić information content (AvgIpc) is 2.85. The van der Waals surface area contributed by atoms with Gasteiger partial charge in [0.1, 0.15) is 0 Å². The molecular weight excluding hydrogens is 499 g/mol. The molecule has 0 bridgehead atoms. The molecule has 0 spiro atoms. The van der Waals surface area contributed by atoms with Crippen LogP contribution in [0, 0.1) is 0 Å². The van der Waals surface area contributed by atoms with Crippen molar-refractivity contribution in [1.82, 2.24) is 0 Å². The molecule has 1 atom stereocenters. The third-order valence-corrected chi connectivity index (χ3v) is 15.2. The third kappa shape index (κ3) is 10.00. The summed E-state index contributed by atoms with van der Waals surface area (Å²) in [5.74, 6) is -2.25.